The highest BCUT2D eigenvalue weighted by atomic mass is 32.1. The predicted octanol–water partition coefficient (Wildman–Crippen LogP) is 3.86. The van der Waals surface area contributed by atoms with Crippen LogP contribution in [0.25, 0.3) is 0 Å². The Morgan fingerprint density at radius 3 is 1.97 bits per heavy atom. The number of amides is 1. The van der Waals surface area contributed by atoms with Crippen LogP contribution in [0.5, 0.6) is 0 Å². The number of halogens is 6. The second kappa shape index (κ2) is 13.7. The molecule has 0 bridgehead atoms. The standard InChI is InChI=1S/C19H24N4OS.2C2HF3O2/c24-18(12-16-2-1-6-20-13-16)23-9-4-19(5-10-23)3-8-22(15-19)14-17-21-7-11-25-17;2*3-2(4,5)1(6)7/h1-2,6-7,11,13H,3-5,8-10,12,14-15H2;2*(H,6,7). The van der Waals surface area contributed by atoms with E-state index in [1.165, 1.54) is 11.4 Å². The van der Waals surface area contributed by atoms with Gasteiger partial charge < -0.3 is 15.1 Å². The van der Waals surface area contributed by atoms with E-state index < -0.39 is 24.3 Å². The number of carboxylic acid groups (broad SMARTS) is 2. The summed E-state index contributed by atoms with van der Waals surface area (Å²) >= 11 is 1.74. The Kier molecular flexibility index (Phi) is 11.2. The molecule has 0 radical (unpaired) electrons. The zero-order valence-corrected chi connectivity index (χ0v) is 21.2. The molecule has 1 amide bonds. The highest BCUT2D eigenvalue weighted by Gasteiger charge is 2.41. The van der Waals surface area contributed by atoms with Crippen molar-refractivity contribution in [3.05, 3.63) is 46.7 Å². The van der Waals surface area contributed by atoms with Crippen molar-refractivity contribution in [1.29, 1.82) is 0 Å². The minimum Gasteiger partial charge on any atom is -0.475 e. The van der Waals surface area contributed by atoms with Crippen LogP contribution in [-0.4, -0.2) is 86.4 Å². The number of thiazole rings is 1. The van der Waals surface area contributed by atoms with Gasteiger partial charge in [0.1, 0.15) is 5.01 Å². The molecule has 0 aliphatic carbocycles. The number of carbonyl (C=O) groups excluding carboxylic acids is 1. The largest absolute Gasteiger partial charge is 0.490 e. The highest BCUT2D eigenvalue weighted by Crippen LogP contribution is 2.41. The van der Waals surface area contributed by atoms with Crippen LogP contribution in [0.1, 0.15) is 29.8 Å². The first-order valence-corrected chi connectivity index (χ1v) is 12.4. The van der Waals surface area contributed by atoms with Crippen molar-refractivity contribution < 1.29 is 50.9 Å². The molecule has 2 N–H and O–H groups in total. The van der Waals surface area contributed by atoms with Gasteiger partial charge in [0.25, 0.3) is 0 Å². The van der Waals surface area contributed by atoms with Crippen LogP contribution in [0, 0.1) is 5.41 Å². The van der Waals surface area contributed by atoms with Crippen LogP contribution in [0.2, 0.25) is 0 Å². The van der Waals surface area contributed by atoms with Crippen LogP contribution < -0.4 is 0 Å². The Hall–Kier alpha value is -3.27. The summed E-state index contributed by atoms with van der Waals surface area (Å²) in [6, 6.07) is 3.87. The molecule has 2 aliphatic heterocycles. The Morgan fingerprint density at radius 2 is 1.51 bits per heavy atom. The van der Waals surface area contributed by atoms with E-state index >= 15 is 0 Å². The van der Waals surface area contributed by atoms with Crippen LogP contribution in [0.3, 0.4) is 0 Å². The maximum atomic E-state index is 12.5. The summed E-state index contributed by atoms with van der Waals surface area (Å²) in [5, 5.41) is 17.5. The van der Waals surface area contributed by atoms with E-state index in [0.29, 0.717) is 11.8 Å². The fourth-order valence-electron chi connectivity index (χ4n) is 4.11. The molecule has 9 nitrogen and oxygen atoms in total. The minimum atomic E-state index is -5.08. The number of carboxylic acids is 2. The number of nitrogens with zero attached hydrogens (tertiary/aromatic N) is 4. The molecule has 2 fully saturated rings. The molecule has 1 spiro atoms. The number of likely N-dealkylation sites (tertiary alicyclic amines) is 2. The maximum Gasteiger partial charge on any atom is 0.490 e. The quantitative estimate of drug-likeness (QED) is 0.520. The Balaban J connectivity index is 0.000000317. The smallest absolute Gasteiger partial charge is 0.475 e. The molecule has 2 aromatic rings. The molecule has 2 aromatic heterocycles. The third-order valence-corrected chi connectivity index (χ3v) is 6.86. The topological polar surface area (TPSA) is 124 Å². The van der Waals surface area contributed by atoms with E-state index in [4.69, 9.17) is 19.8 Å². The van der Waals surface area contributed by atoms with Crippen molar-refractivity contribution >= 4 is 29.2 Å². The van der Waals surface area contributed by atoms with Crippen molar-refractivity contribution in [3.8, 4) is 0 Å². The molecule has 39 heavy (non-hydrogen) atoms. The third kappa shape index (κ3) is 10.8. The third-order valence-electron chi connectivity index (χ3n) is 6.10. The summed E-state index contributed by atoms with van der Waals surface area (Å²) in [4.78, 5) is 43.4. The van der Waals surface area contributed by atoms with Gasteiger partial charge in [0.15, 0.2) is 0 Å². The molecule has 2 saturated heterocycles. The van der Waals surface area contributed by atoms with E-state index in [9.17, 15) is 31.1 Å². The molecular formula is C23H26F6N4O5S. The summed E-state index contributed by atoms with van der Waals surface area (Å²) in [7, 11) is 0. The first kappa shape index (κ1) is 31.9. The Morgan fingerprint density at radius 1 is 0.949 bits per heavy atom. The summed E-state index contributed by atoms with van der Waals surface area (Å²) in [5.41, 5.74) is 1.41. The van der Waals surface area contributed by atoms with Gasteiger partial charge in [0, 0.05) is 43.6 Å². The van der Waals surface area contributed by atoms with Crippen LogP contribution >= 0.6 is 11.3 Å². The zero-order valence-electron chi connectivity index (χ0n) is 20.4. The van der Waals surface area contributed by atoms with Crippen LogP contribution in [0.15, 0.2) is 36.1 Å². The molecular weight excluding hydrogens is 558 g/mol. The molecule has 2 aliphatic rings. The van der Waals surface area contributed by atoms with E-state index in [1.807, 2.05) is 28.6 Å². The first-order valence-electron chi connectivity index (χ1n) is 11.5. The lowest BCUT2D eigenvalue weighted by atomic mass is 9.77. The average Bonchev–Trinajstić information content (AvgIpc) is 3.50. The Bertz CT molecular complexity index is 1050. The van der Waals surface area contributed by atoms with Crippen LogP contribution in [0.4, 0.5) is 26.3 Å². The number of rotatable bonds is 4. The van der Waals surface area contributed by atoms with Crippen molar-refractivity contribution in [1.82, 2.24) is 19.8 Å². The lowest BCUT2D eigenvalue weighted by molar-refractivity contribution is -0.193. The van der Waals surface area contributed by atoms with Gasteiger partial charge >= 0.3 is 24.3 Å². The number of pyridine rings is 1. The van der Waals surface area contributed by atoms with Gasteiger partial charge in [-0.25, -0.2) is 14.6 Å². The summed E-state index contributed by atoms with van der Waals surface area (Å²) in [6.07, 6.45) is -0.772. The number of piperidine rings is 1. The SMILES string of the molecule is O=C(Cc1cccnc1)N1CCC2(CCN(Cc3nccs3)C2)CC1.O=C(O)C(F)(F)F.O=C(O)C(F)(F)F. The second-order valence-electron chi connectivity index (χ2n) is 8.91. The lowest BCUT2D eigenvalue weighted by Crippen LogP contribution is -2.44. The molecule has 0 unspecified atom stereocenters. The van der Waals surface area contributed by atoms with Crippen molar-refractivity contribution in [2.45, 2.75) is 44.6 Å². The predicted molar refractivity (Wildman–Crippen MR) is 126 cm³/mol. The Labute approximate surface area is 223 Å². The number of aromatic nitrogens is 2. The summed E-state index contributed by atoms with van der Waals surface area (Å²) in [5.74, 6) is -5.28. The summed E-state index contributed by atoms with van der Waals surface area (Å²) < 4.78 is 63.5. The zero-order chi connectivity index (χ0) is 29.3. The number of carbonyl (C=O) groups is 3. The average molecular weight is 585 g/mol. The molecule has 0 saturated carbocycles. The van der Waals surface area contributed by atoms with Gasteiger partial charge in [-0.15, -0.1) is 11.3 Å². The fraction of sp³-hybridized carbons (Fsp3) is 0.522. The number of alkyl halides is 6. The molecule has 16 heteroatoms. The highest BCUT2D eigenvalue weighted by molar-refractivity contribution is 7.09. The van der Waals surface area contributed by atoms with Crippen molar-refractivity contribution in [3.63, 3.8) is 0 Å². The lowest BCUT2D eigenvalue weighted by Gasteiger charge is -2.39. The second-order valence-corrected chi connectivity index (χ2v) is 9.89. The van der Waals surface area contributed by atoms with Crippen molar-refractivity contribution in [2.24, 2.45) is 5.41 Å². The van der Waals surface area contributed by atoms with Gasteiger partial charge in [0.05, 0.1) is 13.0 Å². The van der Waals surface area contributed by atoms with Gasteiger partial charge in [0.2, 0.25) is 5.91 Å². The van der Waals surface area contributed by atoms with Gasteiger partial charge in [-0.2, -0.15) is 26.3 Å². The van der Waals surface area contributed by atoms with Gasteiger partial charge in [-0.1, -0.05) is 6.07 Å². The van der Waals surface area contributed by atoms with Crippen molar-refractivity contribution in [2.75, 3.05) is 26.2 Å². The molecule has 0 aromatic carbocycles. The molecule has 4 heterocycles. The monoisotopic (exact) mass is 584 g/mol. The number of hydrogen-bond donors (Lipinski definition) is 2. The van der Waals surface area contributed by atoms with E-state index in [2.05, 4.69) is 14.9 Å². The molecule has 0 atom stereocenters. The number of aliphatic carboxylic acids is 2. The van der Waals surface area contributed by atoms with E-state index in [0.717, 1.165) is 51.1 Å². The van der Waals surface area contributed by atoms with Crippen LogP contribution in [-0.2, 0) is 27.3 Å². The van der Waals surface area contributed by atoms with Gasteiger partial charge in [-0.05, 0) is 42.9 Å². The minimum absolute atomic E-state index is 0.237. The normalized spacial score (nSPS) is 17.0. The first-order chi connectivity index (χ1) is 18.1. The number of hydrogen-bond acceptors (Lipinski definition) is 7. The van der Waals surface area contributed by atoms with Gasteiger partial charge in [-0.3, -0.25) is 14.7 Å². The summed E-state index contributed by atoms with van der Waals surface area (Å²) in [6.45, 7) is 5.07. The fourth-order valence-corrected chi connectivity index (χ4v) is 4.77. The molecule has 216 valence electrons. The van der Waals surface area contributed by atoms with E-state index in [1.54, 1.807) is 23.7 Å². The van der Waals surface area contributed by atoms with E-state index in [-0.39, 0.29) is 5.91 Å². The molecule has 4 rings (SSSR count). The maximum absolute atomic E-state index is 12.5.